The van der Waals surface area contributed by atoms with Gasteiger partial charge in [-0.3, -0.25) is 14.9 Å². The van der Waals surface area contributed by atoms with Crippen LogP contribution in [0.15, 0.2) is 77.7 Å². The summed E-state index contributed by atoms with van der Waals surface area (Å²) in [5, 5.41) is 21.8. The molecule has 0 aromatic heterocycles. The number of hydrogen-bond acceptors (Lipinski definition) is 10. The highest BCUT2D eigenvalue weighted by Crippen LogP contribution is 2.29. The number of amides is 1. The molecular weight excluding hydrogens is 712 g/mol. The number of benzene rings is 3. The van der Waals surface area contributed by atoms with Gasteiger partial charge < -0.3 is 24.8 Å². The van der Waals surface area contributed by atoms with Crippen LogP contribution in [0.3, 0.4) is 0 Å². The number of nitrogens with one attached hydrogen (secondary N) is 2. The SMILES string of the molecule is CCOC(=O)c1cc(S(N)(=O)=O)c(NCCCC[C@@H](C(=O)O)N(Cc2ccccc2)C(=O)[C@H](C)N[C@@H](CCc2ccccc2)C(=O)OCC)cc1Cl. The van der Waals surface area contributed by atoms with Gasteiger partial charge in [-0.2, -0.15) is 0 Å². The summed E-state index contributed by atoms with van der Waals surface area (Å²) >= 11 is 6.26. The van der Waals surface area contributed by atoms with Crippen molar-refractivity contribution in [2.45, 2.75) is 82.4 Å². The summed E-state index contributed by atoms with van der Waals surface area (Å²) < 4.78 is 34.9. The van der Waals surface area contributed by atoms with Crippen molar-refractivity contribution in [3.8, 4) is 0 Å². The number of carbonyl (C=O) groups is 4. The molecule has 0 fully saturated rings. The lowest BCUT2D eigenvalue weighted by atomic mass is 10.0. The van der Waals surface area contributed by atoms with Gasteiger partial charge in [0.15, 0.2) is 0 Å². The van der Waals surface area contributed by atoms with E-state index in [1.807, 2.05) is 36.4 Å². The summed E-state index contributed by atoms with van der Waals surface area (Å²) in [5.41, 5.74) is 1.65. The molecule has 0 saturated carbocycles. The van der Waals surface area contributed by atoms with E-state index in [2.05, 4.69) is 10.6 Å². The minimum absolute atomic E-state index is 0.0119. The average Bonchev–Trinajstić information content (AvgIpc) is 3.10. The molecule has 0 aliphatic heterocycles. The van der Waals surface area contributed by atoms with Crippen LogP contribution in [0, 0.1) is 0 Å². The third-order valence-electron chi connectivity index (χ3n) is 8.19. The number of aryl methyl sites for hydroxylation is 1. The number of halogens is 1. The number of carboxylic acid groups (broad SMARTS) is 1. The zero-order valence-electron chi connectivity index (χ0n) is 29.5. The van der Waals surface area contributed by atoms with E-state index in [0.29, 0.717) is 25.7 Å². The van der Waals surface area contributed by atoms with Crippen molar-refractivity contribution in [3.63, 3.8) is 0 Å². The van der Waals surface area contributed by atoms with Crippen molar-refractivity contribution in [3.05, 3.63) is 94.5 Å². The first kappa shape index (κ1) is 41.9. The molecule has 52 heavy (non-hydrogen) atoms. The predicted octanol–water partition coefficient (Wildman–Crippen LogP) is 4.77. The average molecular weight is 759 g/mol. The number of unbranched alkanes of at least 4 members (excludes halogenated alkanes) is 1. The Labute approximate surface area is 309 Å². The van der Waals surface area contributed by atoms with Crippen LogP contribution < -0.4 is 15.8 Å². The minimum Gasteiger partial charge on any atom is -0.480 e. The molecule has 3 atom stereocenters. The largest absolute Gasteiger partial charge is 0.480 e. The van der Waals surface area contributed by atoms with Crippen LogP contribution in [-0.4, -0.2) is 80.1 Å². The summed E-state index contributed by atoms with van der Waals surface area (Å²) in [4.78, 5) is 52.9. The van der Waals surface area contributed by atoms with E-state index in [0.717, 1.165) is 17.2 Å². The van der Waals surface area contributed by atoms with Crippen LogP contribution in [0.4, 0.5) is 5.69 Å². The van der Waals surface area contributed by atoms with E-state index < -0.39 is 52.0 Å². The molecule has 0 saturated heterocycles. The monoisotopic (exact) mass is 758 g/mol. The van der Waals surface area contributed by atoms with Crippen molar-refractivity contribution in [2.24, 2.45) is 5.14 Å². The number of nitrogens with zero attached hydrogens (tertiary/aromatic N) is 1. The second kappa shape index (κ2) is 20.5. The lowest BCUT2D eigenvalue weighted by molar-refractivity contribution is -0.153. The summed E-state index contributed by atoms with van der Waals surface area (Å²) in [6.07, 6.45) is 1.68. The number of anilines is 1. The fraction of sp³-hybridized carbons (Fsp3) is 0.405. The molecule has 0 aliphatic carbocycles. The van der Waals surface area contributed by atoms with Gasteiger partial charge in [0, 0.05) is 13.1 Å². The summed E-state index contributed by atoms with van der Waals surface area (Å²) in [6.45, 7) is 5.32. The zero-order valence-corrected chi connectivity index (χ0v) is 31.1. The Morgan fingerprint density at radius 2 is 1.52 bits per heavy atom. The Morgan fingerprint density at radius 1 is 0.904 bits per heavy atom. The van der Waals surface area contributed by atoms with Gasteiger partial charge in [0.25, 0.3) is 0 Å². The standard InChI is InChI=1S/C37H47ClN4O9S/c1-4-50-36(46)28-22-33(52(39,48)49)31(23-29(28)38)40-21-13-12-18-32(35(44)45)42(24-27-16-10-7-11-17-27)34(43)25(3)41-30(37(47)51-5-2)20-19-26-14-8-6-9-15-26/h6-11,14-17,22-23,25,30,32,40-41H,4-5,12-13,18-21,24H2,1-3H3,(H,44,45)(H2,39,48,49)/t25-,30-,32-/m0/s1. The predicted molar refractivity (Wildman–Crippen MR) is 197 cm³/mol. The fourth-order valence-corrected chi connectivity index (χ4v) is 6.56. The molecule has 0 aliphatic rings. The van der Waals surface area contributed by atoms with E-state index in [1.54, 1.807) is 45.0 Å². The first-order valence-corrected chi connectivity index (χ1v) is 19.0. The van der Waals surface area contributed by atoms with Gasteiger partial charge in [0.05, 0.1) is 35.5 Å². The van der Waals surface area contributed by atoms with Crippen LogP contribution in [-0.2, 0) is 46.8 Å². The van der Waals surface area contributed by atoms with Gasteiger partial charge in [0.2, 0.25) is 15.9 Å². The number of ether oxygens (including phenoxy) is 2. The van der Waals surface area contributed by atoms with E-state index >= 15 is 0 Å². The van der Waals surface area contributed by atoms with Crippen molar-refractivity contribution < 1.29 is 42.2 Å². The van der Waals surface area contributed by atoms with Crippen LogP contribution >= 0.6 is 11.6 Å². The van der Waals surface area contributed by atoms with E-state index in [9.17, 15) is 32.7 Å². The number of hydrogen-bond donors (Lipinski definition) is 4. The molecule has 0 spiro atoms. The van der Waals surface area contributed by atoms with Gasteiger partial charge in [-0.15, -0.1) is 0 Å². The molecule has 282 valence electrons. The van der Waals surface area contributed by atoms with Gasteiger partial charge in [0.1, 0.15) is 17.0 Å². The number of rotatable bonds is 21. The third-order valence-corrected chi connectivity index (χ3v) is 9.45. The summed E-state index contributed by atoms with van der Waals surface area (Å²) in [6, 6.07) is 17.9. The Kier molecular flexibility index (Phi) is 16.5. The highest BCUT2D eigenvalue weighted by molar-refractivity contribution is 7.89. The van der Waals surface area contributed by atoms with Crippen LogP contribution in [0.25, 0.3) is 0 Å². The molecule has 3 aromatic carbocycles. The highest BCUT2D eigenvalue weighted by atomic mass is 35.5. The van der Waals surface area contributed by atoms with Crippen molar-refractivity contribution >= 4 is 51.1 Å². The van der Waals surface area contributed by atoms with Gasteiger partial charge in [-0.05, 0) is 76.1 Å². The Bertz CT molecular complexity index is 1760. The number of nitrogens with two attached hydrogens (primary N) is 1. The number of aliphatic carboxylic acids is 1. The fourth-order valence-electron chi connectivity index (χ4n) is 5.60. The molecule has 5 N–H and O–H groups in total. The van der Waals surface area contributed by atoms with Gasteiger partial charge in [-0.25, -0.2) is 23.1 Å². The lowest BCUT2D eigenvalue weighted by Crippen LogP contribution is -2.54. The minimum atomic E-state index is -4.27. The molecule has 0 unspecified atom stereocenters. The van der Waals surface area contributed by atoms with Crippen molar-refractivity contribution in [1.29, 1.82) is 0 Å². The molecule has 15 heteroatoms. The van der Waals surface area contributed by atoms with Crippen molar-refractivity contribution in [1.82, 2.24) is 10.2 Å². The summed E-state index contributed by atoms with van der Waals surface area (Å²) in [5.74, 6) is -3.01. The summed E-state index contributed by atoms with van der Waals surface area (Å²) in [7, 11) is -4.27. The highest BCUT2D eigenvalue weighted by Gasteiger charge is 2.34. The molecule has 0 bridgehead atoms. The molecule has 0 radical (unpaired) electrons. The van der Waals surface area contributed by atoms with Gasteiger partial charge in [-0.1, -0.05) is 72.3 Å². The topological polar surface area (TPSA) is 194 Å². The Balaban J connectivity index is 1.76. The smallest absolute Gasteiger partial charge is 0.339 e. The maximum Gasteiger partial charge on any atom is 0.339 e. The Morgan fingerprint density at radius 3 is 2.10 bits per heavy atom. The molecular formula is C37H47ClN4O9S. The quantitative estimate of drug-likeness (QED) is 0.0864. The molecule has 3 aromatic rings. The zero-order chi connectivity index (χ0) is 38.3. The number of primary sulfonamides is 1. The maximum absolute atomic E-state index is 14.1. The first-order valence-electron chi connectivity index (χ1n) is 17.1. The number of carboxylic acids is 1. The lowest BCUT2D eigenvalue weighted by Gasteiger charge is -2.33. The maximum atomic E-state index is 14.1. The van der Waals surface area contributed by atoms with Crippen LogP contribution in [0.1, 0.15) is 67.9 Å². The van der Waals surface area contributed by atoms with Crippen molar-refractivity contribution in [2.75, 3.05) is 25.1 Å². The Hall–Kier alpha value is -4.50. The van der Waals surface area contributed by atoms with E-state index in [-0.39, 0.29) is 53.9 Å². The van der Waals surface area contributed by atoms with Crippen LogP contribution in [0.2, 0.25) is 5.02 Å². The third kappa shape index (κ3) is 12.6. The number of sulfonamides is 1. The van der Waals surface area contributed by atoms with E-state index in [1.165, 1.54) is 11.0 Å². The van der Waals surface area contributed by atoms with E-state index in [4.69, 9.17) is 26.2 Å². The van der Waals surface area contributed by atoms with Gasteiger partial charge >= 0.3 is 17.9 Å². The molecule has 13 nitrogen and oxygen atoms in total. The first-order chi connectivity index (χ1) is 24.8. The molecule has 0 heterocycles. The molecule has 1 amide bonds. The number of esters is 2. The normalized spacial score (nSPS) is 13.0. The second-order valence-corrected chi connectivity index (χ2v) is 14.0. The van der Waals surface area contributed by atoms with Crippen LogP contribution in [0.5, 0.6) is 0 Å². The number of carbonyl (C=O) groups excluding carboxylic acids is 3. The second-order valence-electron chi connectivity index (χ2n) is 12.0. The molecule has 3 rings (SSSR count).